The summed E-state index contributed by atoms with van der Waals surface area (Å²) in [5.74, 6) is -0.0219. The lowest BCUT2D eigenvalue weighted by atomic mass is 10.1. The second kappa shape index (κ2) is 9.58. The highest BCUT2D eigenvalue weighted by molar-refractivity contribution is 7.89. The van der Waals surface area contributed by atoms with Gasteiger partial charge in [-0.05, 0) is 23.8 Å². The summed E-state index contributed by atoms with van der Waals surface area (Å²) in [4.78, 5) is 27.1. The second-order valence-corrected chi connectivity index (χ2v) is 9.68. The Kier molecular flexibility index (Phi) is 7.05. The highest BCUT2D eigenvalue weighted by Crippen LogP contribution is 2.36. The first-order chi connectivity index (χ1) is 15.2. The molecule has 1 fully saturated rings. The van der Waals surface area contributed by atoms with Crippen molar-refractivity contribution < 1.29 is 27.5 Å². The average Bonchev–Trinajstić information content (AvgIpc) is 3.18. The number of benzene rings is 2. The van der Waals surface area contributed by atoms with Crippen molar-refractivity contribution in [1.82, 2.24) is 9.62 Å². The SMILES string of the molecule is COc1ccc(OC)c(N2CC(C(=O)NCc3ccccc3S(=O)(=O)N(C)C)CC2=O)c1. The standard InChI is InChI=1S/C22H27N3O6S/c1-24(2)32(28,29)20-8-6-5-7-15(20)13-23-22(27)16-11-21(26)25(14-16)18-12-17(30-3)9-10-19(18)31-4/h5-10,12,16H,11,13-14H2,1-4H3,(H,23,27). The summed E-state index contributed by atoms with van der Waals surface area (Å²) >= 11 is 0. The molecule has 9 nitrogen and oxygen atoms in total. The summed E-state index contributed by atoms with van der Waals surface area (Å²) in [5, 5.41) is 2.78. The second-order valence-electron chi connectivity index (χ2n) is 7.56. The molecule has 1 N–H and O–H groups in total. The van der Waals surface area contributed by atoms with Gasteiger partial charge in [-0.15, -0.1) is 0 Å². The summed E-state index contributed by atoms with van der Waals surface area (Å²) < 4.78 is 36.8. The molecule has 2 aromatic carbocycles. The zero-order valence-electron chi connectivity index (χ0n) is 18.5. The van der Waals surface area contributed by atoms with Crippen LogP contribution in [0, 0.1) is 5.92 Å². The van der Waals surface area contributed by atoms with Crippen LogP contribution >= 0.6 is 0 Å². The van der Waals surface area contributed by atoms with Crippen molar-refractivity contribution in [2.45, 2.75) is 17.9 Å². The molecule has 0 spiro atoms. The molecular formula is C22H27N3O6S. The minimum atomic E-state index is -3.65. The van der Waals surface area contributed by atoms with Crippen molar-refractivity contribution in [2.24, 2.45) is 5.92 Å². The molecule has 1 heterocycles. The predicted octanol–water partition coefficient (Wildman–Crippen LogP) is 1.62. The Morgan fingerprint density at radius 3 is 2.53 bits per heavy atom. The van der Waals surface area contributed by atoms with Crippen LogP contribution in [0.1, 0.15) is 12.0 Å². The fourth-order valence-electron chi connectivity index (χ4n) is 3.55. The average molecular weight is 462 g/mol. The number of carbonyl (C=O) groups is 2. The van der Waals surface area contributed by atoms with Crippen molar-refractivity contribution in [2.75, 3.05) is 39.8 Å². The summed E-state index contributed by atoms with van der Waals surface area (Å²) in [6, 6.07) is 11.6. The third-order valence-corrected chi connectivity index (χ3v) is 7.27. The number of amides is 2. The summed E-state index contributed by atoms with van der Waals surface area (Å²) in [7, 11) is 2.30. The number of rotatable bonds is 8. The van der Waals surface area contributed by atoms with Gasteiger partial charge in [-0.3, -0.25) is 9.59 Å². The number of hydrogen-bond donors (Lipinski definition) is 1. The first-order valence-electron chi connectivity index (χ1n) is 9.99. The fourth-order valence-corrected chi connectivity index (χ4v) is 4.66. The van der Waals surface area contributed by atoms with Gasteiger partial charge in [0.15, 0.2) is 0 Å². The van der Waals surface area contributed by atoms with Crippen LogP contribution in [0.2, 0.25) is 0 Å². The van der Waals surface area contributed by atoms with Gasteiger partial charge in [0.25, 0.3) is 0 Å². The maximum Gasteiger partial charge on any atom is 0.242 e. The molecular weight excluding hydrogens is 434 g/mol. The van der Waals surface area contributed by atoms with Crippen LogP contribution in [-0.2, 0) is 26.2 Å². The molecule has 2 aromatic rings. The quantitative estimate of drug-likeness (QED) is 0.641. The Morgan fingerprint density at radius 1 is 1.16 bits per heavy atom. The Hall–Kier alpha value is -3.11. The van der Waals surface area contributed by atoms with E-state index in [2.05, 4.69) is 5.32 Å². The molecule has 1 aliphatic rings. The molecule has 1 unspecified atom stereocenters. The van der Waals surface area contributed by atoms with Gasteiger partial charge in [0.1, 0.15) is 11.5 Å². The largest absolute Gasteiger partial charge is 0.497 e. The number of ether oxygens (including phenoxy) is 2. The van der Waals surface area contributed by atoms with Crippen molar-refractivity contribution >= 4 is 27.5 Å². The van der Waals surface area contributed by atoms with Crippen LogP contribution in [0.15, 0.2) is 47.4 Å². The molecule has 32 heavy (non-hydrogen) atoms. The van der Waals surface area contributed by atoms with E-state index in [0.29, 0.717) is 22.7 Å². The number of carbonyl (C=O) groups excluding carboxylic acids is 2. The highest BCUT2D eigenvalue weighted by atomic mass is 32.2. The van der Waals surface area contributed by atoms with Crippen molar-refractivity contribution in [3.05, 3.63) is 48.0 Å². The van der Waals surface area contributed by atoms with Crippen LogP contribution in [0.3, 0.4) is 0 Å². The molecule has 3 rings (SSSR count). The van der Waals surface area contributed by atoms with Gasteiger partial charge in [-0.2, -0.15) is 0 Å². The minimum Gasteiger partial charge on any atom is -0.497 e. The summed E-state index contributed by atoms with van der Waals surface area (Å²) in [5.41, 5.74) is 1.01. The molecule has 10 heteroatoms. The van der Waals surface area contributed by atoms with Gasteiger partial charge in [0.05, 0.1) is 30.7 Å². The number of methoxy groups -OCH3 is 2. The van der Waals surface area contributed by atoms with E-state index in [4.69, 9.17) is 9.47 Å². The Balaban J connectivity index is 1.74. The number of sulfonamides is 1. The van der Waals surface area contributed by atoms with E-state index < -0.39 is 15.9 Å². The third kappa shape index (κ3) is 4.71. The number of nitrogens with one attached hydrogen (secondary N) is 1. The van der Waals surface area contributed by atoms with Crippen LogP contribution < -0.4 is 19.7 Å². The van der Waals surface area contributed by atoms with E-state index in [0.717, 1.165) is 4.31 Å². The van der Waals surface area contributed by atoms with Gasteiger partial charge in [0, 0.05) is 39.7 Å². The Morgan fingerprint density at radius 2 is 1.88 bits per heavy atom. The van der Waals surface area contributed by atoms with E-state index in [1.807, 2.05) is 0 Å². The topological polar surface area (TPSA) is 105 Å². The zero-order chi connectivity index (χ0) is 23.5. The summed E-state index contributed by atoms with van der Waals surface area (Å²) in [6.07, 6.45) is 0.0455. The van der Waals surface area contributed by atoms with Crippen LogP contribution in [0.4, 0.5) is 5.69 Å². The van der Waals surface area contributed by atoms with Crippen LogP contribution in [0.25, 0.3) is 0 Å². The number of hydrogen-bond acceptors (Lipinski definition) is 6. The van der Waals surface area contributed by atoms with Gasteiger partial charge in [-0.1, -0.05) is 18.2 Å². The summed E-state index contributed by atoms with van der Waals surface area (Å²) in [6.45, 7) is 0.223. The zero-order valence-corrected chi connectivity index (χ0v) is 19.3. The van der Waals surface area contributed by atoms with Crippen molar-refractivity contribution in [1.29, 1.82) is 0 Å². The van der Waals surface area contributed by atoms with Crippen molar-refractivity contribution in [3.63, 3.8) is 0 Å². The highest BCUT2D eigenvalue weighted by Gasteiger charge is 2.36. The molecule has 1 saturated heterocycles. The Bertz CT molecular complexity index is 1120. The van der Waals surface area contributed by atoms with Gasteiger partial charge >= 0.3 is 0 Å². The molecule has 0 bridgehead atoms. The number of anilines is 1. The molecule has 0 saturated carbocycles. The van der Waals surface area contributed by atoms with Crippen LogP contribution in [-0.4, -0.2) is 59.4 Å². The van der Waals surface area contributed by atoms with Gasteiger partial charge in [-0.25, -0.2) is 12.7 Å². The lowest BCUT2D eigenvalue weighted by Crippen LogP contribution is -2.33. The first-order valence-corrected chi connectivity index (χ1v) is 11.4. The van der Waals surface area contributed by atoms with E-state index in [9.17, 15) is 18.0 Å². The van der Waals surface area contributed by atoms with Gasteiger partial charge in [0.2, 0.25) is 21.8 Å². The molecule has 172 valence electrons. The first kappa shape index (κ1) is 23.6. The molecule has 0 radical (unpaired) electrons. The smallest absolute Gasteiger partial charge is 0.242 e. The van der Waals surface area contributed by atoms with Crippen molar-refractivity contribution in [3.8, 4) is 11.5 Å². The molecule has 0 aliphatic carbocycles. The molecule has 1 aliphatic heterocycles. The lowest BCUT2D eigenvalue weighted by molar-refractivity contribution is -0.126. The Labute approximate surface area is 188 Å². The van der Waals surface area contributed by atoms with E-state index in [-0.39, 0.29) is 36.2 Å². The van der Waals surface area contributed by atoms with Crippen LogP contribution in [0.5, 0.6) is 11.5 Å². The van der Waals surface area contributed by atoms with E-state index in [1.54, 1.807) is 36.4 Å². The van der Waals surface area contributed by atoms with Gasteiger partial charge < -0.3 is 19.7 Å². The lowest BCUT2D eigenvalue weighted by Gasteiger charge is -2.20. The maximum absolute atomic E-state index is 12.8. The fraction of sp³-hybridized carbons (Fsp3) is 0.364. The number of nitrogens with zero attached hydrogens (tertiary/aromatic N) is 2. The molecule has 1 atom stereocenters. The van der Waals surface area contributed by atoms with E-state index in [1.165, 1.54) is 39.3 Å². The monoisotopic (exact) mass is 461 g/mol. The maximum atomic E-state index is 12.8. The molecule has 2 amide bonds. The minimum absolute atomic E-state index is 0.0370. The normalized spacial score (nSPS) is 16.3. The van der Waals surface area contributed by atoms with E-state index >= 15 is 0 Å². The molecule has 0 aromatic heterocycles. The third-order valence-electron chi connectivity index (χ3n) is 5.36. The predicted molar refractivity (Wildman–Crippen MR) is 119 cm³/mol.